The van der Waals surface area contributed by atoms with Crippen LogP contribution in [-0.4, -0.2) is 41.7 Å². The first kappa shape index (κ1) is 30.0. The van der Waals surface area contributed by atoms with Gasteiger partial charge in [-0.2, -0.15) is 0 Å². The van der Waals surface area contributed by atoms with Gasteiger partial charge in [0.05, 0.1) is 7.11 Å². The van der Waals surface area contributed by atoms with Crippen molar-refractivity contribution in [3.8, 4) is 5.75 Å². The Labute approximate surface area is 247 Å². The van der Waals surface area contributed by atoms with Gasteiger partial charge in [-0.05, 0) is 72.5 Å². The monoisotopic (exact) mass is 578 g/mol. The molecule has 2 amide bonds. The quantitative estimate of drug-likeness (QED) is 0.171. The minimum absolute atomic E-state index is 0.0146. The highest BCUT2D eigenvalue weighted by molar-refractivity contribution is 7.99. The Morgan fingerprint density at radius 3 is 2.42 bits per heavy atom. The average Bonchev–Trinajstić information content (AvgIpc) is 2.99. The van der Waals surface area contributed by atoms with Gasteiger partial charge in [0, 0.05) is 35.3 Å². The van der Waals surface area contributed by atoms with E-state index in [1.54, 1.807) is 23.8 Å². The van der Waals surface area contributed by atoms with Crippen molar-refractivity contribution in [2.45, 2.75) is 74.9 Å². The minimum Gasteiger partial charge on any atom is -0.497 e. The summed E-state index contributed by atoms with van der Waals surface area (Å²) in [5, 5.41) is 4.02. The summed E-state index contributed by atoms with van der Waals surface area (Å²) in [5.41, 5.74) is 1.97. The van der Waals surface area contributed by atoms with E-state index in [2.05, 4.69) is 5.32 Å². The summed E-state index contributed by atoms with van der Waals surface area (Å²) in [6.07, 6.45) is 7.02. The van der Waals surface area contributed by atoms with E-state index in [0.717, 1.165) is 53.2 Å². The van der Waals surface area contributed by atoms with E-state index in [1.807, 2.05) is 78.9 Å². The third-order valence-corrected chi connectivity index (χ3v) is 8.68. The standard InChI is InChI=1S/C33H39ClN2O3S/c1-39-29-15-8-12-26(22-29)24-36(32(37)16-9-21-40-30-19-17-27(34)18-20-30)31(23-25-10-4-2-5-11-25)33(38)35-28-13-6-3-7-14-28/h2,4-5,8,10-12,15,17-20,22,28,31H,3,6-7,9,13-14,16,21,23-24H2,1H3,(H,35,38)/t31-/m1/s1. The molecular formula is C33H39ClN2O3S. The van der Waals surface area contributed by atoms with Crippen LogP contribution in [0.15, 0.2) is 83.8 Å². The molecule has 1 atom stereocenters. The zero-order valence-corrected chi connectivity index (χ0v) is 24.8. The zero-order valence-electron chi connectivity index (χ0n) is 23.2. The normalized spacial score (nSPS) is 14.3. The molecule has 1 aliphatic rings. The molecule has 0 radical (unpaired) electrons. The van der Waals surface area contributed by atoms with Gasteiger partial charge in [-0.15, -0.1) is 11.8 Å². The third kappa shape index (κ3) is 9.31. The van der Waals surface area contributed by atoms with Gasteiger partial charge in [-0.25, -0.2) is 0 Å². The van der Waals surface area contributed by atoms with Gasteiger partial charge in [0.1, 0.15) is 11.8 Å². The molecule has 0 saturated heterocycles. The maximum atomic E-state index is 13.9. The van der Waals surface area contributed by atoms with E-state index >= 15 is 0 Å². The lowest BCUT2D eigenvalue weighted by atomic mass is 9.94. The highest BCUT2D eigenvalue weighted by Gasteiger charge is 2.31. The summed E-state index contributed by atoms with van der Waals surface area (Å²) in [6.45, 7) is 0.343. The number of amides is 2. The van der Waals surface area contributed by atoms with Gasteiger partial charge < -0.3 is 15.0 Å². The molecule has 1 saturated carbocycles. The van der Waals surface area contributed by atoms with Crippen LogP contribution in [0.1, 0.15) is 56.1 Å². The lowest BCUT2D eigenvalue weighted by Crippen LogP contribution is -2.52. The largest absolute Gasteiger partial charge is 0.497 e. The summed E-state index contributed by atoms with van der Waals surface area (Å²) in [4.78, 5) is 30.7. The highest BCUT2D eigenvalue weighted by atomic mass is 35.5. The highest BCUT2D eigenvalue weighted by Crippen LogP contribution is 2.24. The molecule has 4 rings (SSSR count). The second-order valence-corrected chi connectivity index (χ2v) is 11.9. The first-order valence-electron chi connectivity index (χ1n) is 14.2. The predicted octanol–water partition coefficient (Wildman–Crippen LogP) is 7.31. The molecule has 3 aromatic carbocycles. The lowest BCUT2D eigenvalue weighted by Gasteiger charge is -2.33. The van der Waals surface area contributed by atoms with Crippen molar-refractivity contribution < 1.29 is 14.3 Å². The maximum absolute atomic E-state index is 13.9. The molecular weight excluding hydrogens is 540 g/mol. The van der Waals surface area contributed by atoms with E-state index in [9.17, 15) is 9.59 Å². The molecule has 0 aliphatic heterocycles. The Morgan fingerprint density at radius 1 is 0.975 bits per heavy atom. The molecule has 1 N–H and O–H groups in total. The Balaban J connectivity index is 1.53. The van der Waals surface area contributed by atoms with Gasteiger partial charge in [-0.1, -0.05) is 73.3 Å². The number of carbonyl (C=O) groups is 2. The summed E-state index contributed by atoms with van der Waals surface area (Å²) >= 11 is 7.72. The van der Waals surface area contributed by atoms with Crippen molar-refractivity contribution in [1.82, 2.24) is 10.2 Å². The van der Waals surface area contributed by atoms with Crippen LogP contribution in [-0.2, 0) is 22.6 Å². The topological polar surface area (TPSA) is 58.6 Å². The van der Waals surface area contributed by atoms with Crippen molar-refractivity contribution in [3.05, 3.63) is 95.0 Å². The van der Waals surface area contributed by atoms with E-state index in [0.29, 0.717) is 30.8 Å². The van der Waals surface area contributed by atoms with Crippen LogP contribution in [0, 0.1) is 0 Å². The predicted molar refractivity (Wildman–Crippen MR) is 164 cm³/mol. The van der Waals surface area contributed by atoms with Gasteiger partial charge in [0.15, 0.2) is 0 Å². The van der Waals surface area contributed by atoms with Gasteiger partial charge in [0.25, 0.3) is 0 Å². The molecule has 212 valence electrons. The lowest BCUT2D eigenvalue weighted by molar-refractivity contribution is -0.141. The average molecular weight is 579 g/mol. The number of benzene rings is 3. The minimum atomic E-state index is -0.605. The molecule has 3 aromatic rings. The van der Waals surface area contributed by atoms with Crippen LogP contribution in [0.2, 0.25) is 5.02 Å². The number of methoxy groups -OCH3 is 1. The molecule has 5 nitrogen and oxygen atoms in total. The van der Waals surface area contributed by atoms with Crippen LogP contribution in [0.25, 0.3) is 0 Å². The number of ether oxygens (including phenoxy) is 1. The molecule has 7 heteroatoms. The van der Waals surface area contributed by atoms with Crippen LogP contribution in [0.3, 0.4) is 0 Å². The Bertz CT molecular complexity index is 1220. The van der Waals surface area contributed by atoms with Crippen molar-refractivity contribution in [2.24, 2.45) is 0 Å². The summed E-state index contributed by atoms with van der Waals surface area (Å²) < 4.78 is 5.44. The summed E-state index contributed by atoms with van der Waals surface area (Å²) in [6, 6.07) is 25.0. The van der Waals surface area contributed by atoms with Crippen molar-refractivity contribution >= 4 is 35.2 Å². The van der Waals surface area contributed by atoms with Crippen molar-refractivity contribution in [3.63, 3.8) is 0 Å². The fourth-order valence-electron chi connectivity index (χ4n) is 5.15. The third-order valence-electron chi connectivity index (χ3n) is 7.33. The van der Waals surface area contributed by atoms with Crippen LogP contribution in [0.5, 0.6) is 5.75 Å². The molecule has 0 aromatic heterocycles. The Hall–Kier alpha value is -2.96. The first-order valence-corrected chi connectivity index (χ1v) is 15.5. The summed E-state index contributed by atoms with van der Waals surface area (Å²) in [7, 11) is 1.64. The first-order chi connectivity index (χ1) is 19.5. The van der Waals surface area contributed by atoms with E-state index < -0.39 is 6.04 Å². The van der Waals surface area contributed by atoms with Crippen LogP contribution in [0.4, 0.5) is 0 Å². The summed E-state index contributed by atoms with van der Waals surface area (Å²) in [5.74, 6) is 1.45. The molecule has 40 heavy (non-hydrogen) atoms. The molecule has 0 heterocycles. The maximum Gasteiger partial charge on any atom is 0.243 e. The van der Waals surface area contributed by atoms with E-state index in [-0.39, 0.29) is 17.9 Å². The smallest absolute Gasteiger partial charge is 0.243 e. The van der Waals surface area contributed by atoms with Crippen LogP contribution >= 0.6 is 23.4 Å². The SMILES string of the molecule is COc1cccc(CN(C(=O)CCCSc2ccc(Cl)cc2)[C@H](Cc2ccccc2)C(=O)NC2CCCCC2)c1. The molecule has 0 spiro atoms. The number of thioether (sulfide) groups is 1. The van der Waals surface area contributed by atoms with Crippen molar-refractivity contribution in [2.75, 3.05) is 12.9 Å². The molecule has 1 fully saturated rings. The number of hydrogen-bond donors (Lipinski definition) is 1. The number of rotatable bonds is 13. The van der Waals surface area contributed by atoms with E-state index in [1.165, 1.54) is 6.42 Å². The zero-order chi connectivity index (χ0) is 28.2. The number of nitrogens with zero attached hydrogens (tertiary/aromatic N) is 1. The molecule has 0 bridgehead atoms. The molecule has 0 unspecified atom stereocenters. The number of nitrogens with one attached hydrogen (secondary N) is 1. The second kappa shape index (κ2) is 15.7. The Kier molecular flexibility index (Phi) is 11.8. The fourth-order valence-corrected chi connectivity index (χ4v) is 6.13. The van der Waals surface area contributed by atoms with Gasteiger partial charge >= 0.3 is 0 Å². The van der Waals surface area contributed by atoms with Crippen molar-refractivity contribution in [1.29, 1.82) is 0 Å². The molecule has 1 aliphatic carbocycles. The fraction of sp³-hybridized carbons (Fsp3) is 0.394. The Morgan fingerprint density at radius 2 is 1.70 bits per heavy atom. The van der Waals surface area contributed by atoms with Gasteiger partial charge in [-0.3, -0.25) is 9.59 Å². The number of carbonyl (C=O) groups excluding carboxylic acids is 2. The number of hydrogen-bond acceptors (Lipinski definition) is 4. The second-order valence-electron chi connectivity index (χ2n) is 10.3. The van der Waals surface area contributed by atoms with Gasteiger partial charge in [0.2, 0.25) is 11.8 Å². The number of halogens is 1. The van der Waals surface area contributed by atoms with E-state index in [4.69, 9.17) is 16.3 Å². The van der Waals surface area contributed by atoms with Crippen LogP contribution < -0.4 is 10.1 Å².